The zero-order valence-electron chi connectivity index (χ0n) is 12.3. The summed E-state index contributed by atoms with van der Waals surface area (Å²) in [5, 5.41) is 7.13. The Kier molecular flexibility index (Phi) is 4.81. The Morgan fingerprint density at radius 3 is 3.00 bits per heavy atom. The van der Waals surface area contributed by atoms with E-state index < -0.39 is 0 Å². The largest absolute Gasteiger partial charge is 0.493 e. The summed E-state index contributed by atoms with van der Waals surface area (Å²) in [5.74, 6) is 0.569. The lowest BCUT2D eigenvalue weighted by atomic mass is 10.3. The number of benzene rings is 1. The summed E-state index contributed by atoms with van der Waals surface area (Å²) in [6.45, 7) is 2.30. The number of carbonyl (C=O) groups excluding carboxylic acids is 1. The molecule has 0 saturated carbocycles. The number of nitrogens with zero attached hydrogens (tertiary/aromatic N) is 2. The summed E-state index contributed by atoms with van der Waals surface area (Å²) >= 11 is 0. The van der Waals surface area contributed by atoms with Crippen LogP contribution in [0, 0.1) is 0 Å². The molecule has 21 heavy (non-hydrogen) atoms. The van der Waals surface area contributed by atoms with Crippen molar-refractivity contribution in [3.05, 3.63) is 36.2 Å². The van der Waals surface area contributed by atoms with Crippen LogP contribution in [0.25, 0.3) is 0 Å². The fourth-order valence-electron chi connectivity index (χ4n) is 1.98. The van der Waals surface area contributed by atoms with Gasteiger partial charge < -0.3 is 15.8 Å². The van der Waals surface area contributed by atoms with E-state index in [1.807, 2.05) is 26.1 Å². The molecule has 1 amide bonds. The van der Waals surface area contributed by atoms with Gasteiger partial charge in [0.15, 0.2) is 0 Å². The lowest BCUT2D eigenvalue weighted by Crippen LogP contribution is -2.15. The van der Waals surface area contributed by atoms with Crippen LogP contribution in [0.1, 0.15) is 19.0 Å². The van der Waals surface area contributed by atoms with Crippen molar-refractivity contribution in [3.63, 3.8) is 0 Å². The summed E-state index contributed by atoms with van der Waals surface area (Å²) in [6, 6.07) is 7.14. The number of nitrogen functional groups attached to an aromatic ring is 1. The van der Waals surface area contributed by atoms with Gasteiger partial charge in [-0.1, -0.05) is 13.0 Å². The average Bonchev–Trinajstić information content (AvgIpc) is 2.78. The van der Waals surface area contributed by atoms with Gasteiger partial charge in [0.2, 0.25) is 5.91 Å². The standard InChI is InChI=1S/C15H20N4O2/c1-3-13-14(10-19(2)18-13)17-15(20)7-8-21-12-6-4-5-11(16)9-12/h4-6,9-10H,3,7-8,16H2,1-2H3,(H,17,20). The van der Waals surface area contributed by atoms with Crippen LogP contribution >= 0.6 is 0 Å². The zero-order chi connectivity index (χ0) is 15.2. The molecule has 0 atom stereocenters. The van der Waals surface area contributed by atoms with Crippen molar-refractivity contribution < 1.29 is 9.53 Å². The van der Waals surface area contributed by atoms with Crippen LogP contribution in [0.4, 0.5) is 11.4 Å². The van der Waals surface area contributed by atoms with Crippen molar-refractivity contribution in [1.29, 1.82) is 0 Å². The molecular weight excluding hydrogens is 268 g/mol. The normalized spacial score (nSPS) is 10.4. The molecule has 0 radical (unpaired) electrons. The Hall–Kier alpha value is -2.50. The Bertz CT molecular complexity index is 622. The molecule has 6 nitrogen and oxygen atoms in total. The summed E-state index contributed by atoms with van der Waals surface area (Å²) < 4.78 is 7.19. The lowest BCUT2D eigenvalue weighted by Gasteiger charge is -2.07. The molecule has 2 aromatic rings. The van der Waals surface area contributed by atoms with Gasteiger partial charge in [-0.25, -0.2) is 0 Å². The Morgan fingerprint density at radius 1 is 1.48 bits per heavy atom. The van der Waals surface area contributed by atoms with Gasteiger partial charge in [-0.2, -0.15) is 5.10 Å². The fourth-order valence-corrected chi connectivity index (χ4v) is 1.98. The van der Waals surface area contributed by atoms with Crippen LogP contribution in [0.3, 0.4) is 0 Å². The summed E-state index contributed by atoms with van der Waals surface area (Å²) in [7, 11) is 1.83. The molecule has 0 aliphatic heterocycles. The van der Waals surface area contributed by atoms with E-state index in [9.17, 15) is 4.79 Å². The zero-order valence-corrected chi connectivity index (χ0v) is 12.3. The molecule has 112 valence electrons. The minimum absolute atomic E-state index is 0.0957. The van der Waals surface area contributed by atoms with E-state index >= 15 is 0 Å². The third kappa shape index (κ3) is 4.24. The summed E-state index contributed by atoms with van der Waals surface area (Å²) in [4.78, 5) is 11.9. The second-order valence-corrected chi connectivity index (χ2v) is 4.74. The first-order valence-electron chi connectivity index (χ1n) is 6.89. The van der Waals surface area contributed by atoms with E-state index in [-0.39, 0.29) is 12.3 Å². The molecule has 1 aromatic heterocycles. The SMILES string of the molecule is CCc1nn(C)cc1NC(=O)CCOc1cccc(N)c1. The van der Waals surface area contributed by atoms with Crippen molar-refractivity contribution in [2.45, 2.75) is 19.8 Å². The molecule has 0 unspecified atom stereocenters. The predicted octanol–water partition coefficient (Wildman–Crippen LogP) is 1.97. The highest BCUT2D eigenvalue weighted by Crippen LogP contribution is 2.16. The van der Waals surface area contributed by atoms with Crippen LogP contribution in [-0.4, -0.2) is 22.3 Å². The molecule has 0 saturated heterocycles. The third-order valence-corrected chi connectivity index (χ3v) is 2.97. The molecule has 0 aliphatic carbocycles. The third-order valence-electron chi connectivity index (χ3n) is 2.97. The number of rotatable bonds is 6. The van der Waals surface area contributed by atoms with E-state index in [0.717, 1.165) is 17.8 Å². The van der Waals surface area contributed by atoms with Gasteiger partial charge in [0.05, 0.1) is 24.4 Å². The first-order valence-corrected chi connectivity index (χ1v) is 6.89. The molecule has 0 aliphatic rings. The average molecular weight is 288 g/mol. The monoisotopic (exact) mass is 288 g/mol. The maximum Gasteiger partial charge on any atom is 0.227 e. The van der Waals surface area contributed by atoms with E-state index in [2.05, 4.69) is 10.4 Å². The van der Waals surface area contributed by atoms with E-state index in [0.29, 0.717) is 18.0 Å². The van der Waals surface area contributed by atoms with Gasteiger partial charge >= 0.3 is 0 Å². The molecule has 2 rings (SSSR count). The van der Waals surface area contributed by atoms with Crippen molar-refractivity contribution >= 4 is 17.3 Å². The minimum Gasteiger partial charge on any atom is -0.493 e. The van der Waals surface area contributed by atoms with Crippen LogP contribution in [0.5, 0.6) is 5.75 Å². The number of hydrogen-bond acceptors (Lipinski definition) is 4. The number of amides is 1. The number of anilines is 2. The topological polar surface area (TPSA) is 82.2 Å². The van der Waals surface area contributed by atoms with Crippen LogP contribution in [-0.2, 0) is 18.3 Å². The number of carbonyl (C=O) groups is 1. The fraction of sp³-hybridized carbons (Fsp3) is 0.333. The first kappa shape index (κ1) is 14.9. The molecular formula is C15H20N4O2. The molecule has 3 N–H and O–H groups in total. The highest BCUT2D eigenvalue weighted by Gasteiger charge is 2.09. The Balaban J connectivity index is 1.82. The van der Waals surface area contributed by atoms with Crippen molar-refractivity contribution in [3.8, 4) is 5.75 Å². The molecule has 1 heterocycles. The Morgan fingerprint density at radius 2 is 2.29 bits per heavy atom. The van der Waals surface area contributed by atoms with Gasteiger partial charge in [-0.05, 0) is 18.6 Å². The molecule has 1 aromatic carbocycles. The van der Waals surface area contributed by atoms with Gasteiger partial charge in [-0.3, -0.25) is 9.48 Å². The highest BCUT2D eigenvalue weighted by molar-refractivity contribution is 5.91. The predicted molar refractivity (Wildman–Crippen MR) is 82.2 cm³/mol. The lowest BCUT2D eigenvalue weighted by molar-refractivity contribution is -0.116. The second kappa shape index (κ2) is 6.78. The van der Waals surface area contributed by atoms with Gasteiger partial charge in [0.1, 0.15) is 5.75 Å². The first-order chi connectivity index (χ1) is 10.1. The van der Waals surface area contributed by atoms with Crippen LogP contribution < -0.4 is 15.8 Å². The minimum atomic E-state index is -0.0957. The van der Waals surface area contributed by atoms with Gasteiger partial charge in [-0.15, -0.1) is 0 Å². The maximum absolute atomic E-state index is 11.9. The number of aromatic nitrogens is 2. The van der Waals surface area contributed by atoms with Gasteiger partial charge in [0, 0.05) is 25.0 Å². The number of nitrogens with one attached hydrogen (secondary N) is 1. The quantitative estimate of drug-likeness (QED) is 0.796. The van der Waals surface area contributed by atoms with E-state index in [4.69, 9.17) is 10.5 Å². The van der Waals surface area contributed by atoms with Crippen LogP contribution in [0.15, 0.2) is 30.5 Å². The van der Waals surface area contributed by atoms with Crippen molar-refractivity contribution in [2.75, 3.05) is 17.7 Å². The second-order valence-electron chi connectivity index (χ2n) is 4.74. The number of aryl methyl sites for hydroxylation is 2. The molecule has 0 spiro atoms. The van der Waals surface area contributed by atoms with Crippen molar-refractivity contribution in [2.24, 2.45) is 7.05 Å². The van der Waals surface area contributed by atoms with E-state index in [1.54, 1.807) is 23.0 Å². The van der Waals surface area contributed by atoms with Crippen LogP contribution in [0.2, 0.25) is 0 Å². The van der Waals surface area contributed by atoms with Gasteiger partial charge in [0.25, 0.3) is 0 Å². The number of ether oxygens (including phenoxy) is 1. The summed E-state index contributed by atoms with van der Waals surface area (Å²) in [6.07, 6.45) is 2.85. The summed E-state index contributed by atoms with van der Waals surface area (Å²) in [5.41, 5.74) is 7.93. The molecule has 6 heteroatoms. The van der Waals surface area contributed by atoms with Crippen molar-refractivity contribution in [1.82, 2.24) is 9.78 Å². The number of hydrogen-bond donors (Lipinski definition) is 2. The number of nitrogens with two attached hydrogens (primary N) is 1. The molecule has 0 bridgehead atoms. The van der Waals surface area contributed by atoms with E-state index in [1.165, 1.54) is 0 Å². The smallest absolute Gasteiger partial charge is 0.227 e. The highest BCUT2D eigenvalue weighted by atomic mass is 16.5. The maximum atomic E-state index is 11.9. The molecule has 0 fully saturated rings. The Labute approximate surface area is 123 Å².